The summed E-state index contributed by atoms with van der Waals surface area (Å²) < 4.78 is 0. The molecule has 0 bridgehead atoms. The molecule has 74 valence electrons. The van der Waals surface area contributed by atoms with Gasteiger partial charge < -0.3 is 5.11 Å². The first-order chi connectivity index (χ1) is 6.72. The van der Waals surface area contributed by atoms with Crippen molar-refractivity contribution in [3.63, 3.8) is 0 Å². The molecule has 1 heterocycles. The van der Waals surface area contributed by atoms with Gasteiger partial charge in [0, 0.05) is 17.7 Å². The van der Waals surface area contributed by atoms with Crippen molar-refractivity contribution in [3.05, 3.63) is 22.8 Å². The first-order valence-electron chi connectivity index (χ1n) is 4.84. The monoisotopic (exact) mass is 192 g/mol. The number of carbonyl (C=O) groups is 1. The van der Waals surface area contributed by atoms with E-state index in [1.807, 2.05) is 6.92 Å². The summed E-state index contributed by atoms with van der Waals surface area (Å²) in [5.41, 5.74) is 1.99. The van der Waals surface area contributed by atoms with Gasteiger partial charge in [0.15, 0.2) is 5.69 Å². The third-order valence-corrected chi connectivity index (χ3v) is 2.50. The first kappa shape index (κ1) is 9.12. The highest BCUT2D eigenvalue weighted by molar-refractivity contribution is 5.87. The molecule has 1 aromatic heterocycles. The smallest absolute Gasteiger partial charge is 0.354 e. The van der Waals surface area contributed by atoms with Crippen molar-refractivity contribution in [1.29, 1.82) is 0 Å². The molecule has 2 rings (SSSR count). The van der Waals surface area contributed by atoms with Crippen LogP contribution >= 0.6 is 0 Å². The molecule has 14 heavy (non-hydrogen) atoms. The van der Waals surface area contributed by atoms with Crippen molar-refractivity contribution in [3.8, 4) is 0 Å². The van der Waals surface area contributed by atoms with Crippen molar-refractivity contribution in [2.24, 2.45) is 0 Å². The summed E-state index contributed by atoms with van der Waals surface area (Å²) in [7, 11) is 0. The number of aromatic carboxylic acids is 1. The second-order valence-corrected chi connectivity index (χ2v) is 3.43. The van der Waals surface area contributed by atoms with Crippen LogP contribution in [0.5, 0.6) is 0 Å². The van der Waals surface area contributed by atoms with Crippen LogP contribution in [0.15, 0.2) is 0 Å². The van der Waals surface area contributed by atoms with Crippen molar-refractivity contribution >= 4 is 5.97 Å². The van der Waals surface area contributed by atoms with Crippen molar-refractivity contribution < 1.29 is 9.90 Å². The Morgan fingerprint density at radius 1 is 1.43 bits per heavy atom. The molecule has 0 aliphatic heterocycles. The third-order valence-electron chi connectivity index (χ3n) is 2.50. The Bertz CT molecular complexity index is 388. The summed E-state index contributed by atoms with van der Waals surface area (Å²) in [5, 5.41) is 8.98. The molecule has 1 aliphatic carbocycles. The predicted octanol–water partition coefficient (Wildman–Crippen LogP) is 1.23. The van der Waals surface area contributed by atoms with E-state index in [4.69, 9.17) is 5.11 Å². The summed E-state index contributed by atoms with van der Waals surface area (Å²) in [6, 6.07) is 0. The molecule has 0 radical (unpaired) electrons. The Morgan fingerprint density at radius 3 is 2.86 bits per heavy atom. The number of hydrogen-bond acceptors (Lipinski definition) is 3. The molecule has 0 atom stereocenters. The van der Waals surface area contributed by atoms with E-state index in [1.165, 1.54) is 0 Å². The van der Waals surface area contributed by atoms with Gasteiger partial charge in [-0.25, -0.2) is 14.8 Å². The fraction of sp³-hybridized carbons (Fsp3) is 0.500. The minimum absolute atomic E-state index is 0.212. The zero-order chi connectivity index (χ0) is 10.1. The van der Waals surface area contributed by atoms with E-state index in [9.17, 15) is 4.79 Å². The molecule has 0 saturated heterocycles. The topological polar surface area (TPSA) is 63.1 Å². The van der Waals surface area contributed by atoms with Gasteiger partial charge in [0.1, 0.15) is 5.82 Å². The van der Waals surface area contributed by atoms with Gasteiger partial charge in [0.05, 0.1) is 0 Å². The van der Waals surface area contributed by atoms with Crippen LogP contribution in [-0.2, 0) is 19.3 Å². The van der Waals surface area contributed by atoms with E-state index in [0.717, 1.165) is 30.5 Å². The van der Waals surface area contributed by atoms with Crippen molar-refractivity contribution in [2.75, 3.05) is 0 Å². The number of aromatic nitrogens is 2. The number of aryl methyl sites for hydroxylation is 2. The van der Waals surface area contributed by atoms with Crippen molar-refractivity contribution in [2.45, 2.75) is 32.6 Å². The predicted molar refractivity (Wildman–Crippen MR) is 50.4 cm³/mol. The fourth-order valence-electron chi connectivity index (χ4n) is 1.82. The van der Waals surface area contributed by atoms with Gasteiger partial charge >= 0.3 is 5.97 Å². The van der Waals surface area contributed by atoms with E-state index in [0.29, 0.717) is 12.2 Å². The normalized spacial score (nSPS) is 14.1. The summed E-state index contributed by atoms with van der Waals surface area (Å²) >= 11 is 0. The number of rotatable bonds is 2. The second-order valence-electron chi connectivity index (χ2n) is 3.43. The Labute approximate surface area is 82.0 Å². The number of nitrogens with zero attached hydrogens (tertiary/aromatic N) is 2. The quantitative estimate of drug-likeness (QED) is 0.765. The van der Waals surface area contributed by atoms with E-state index in [-0.39, 0.29) is 5.69 Å². The molecule has 0 saturated carbocycles. The molecule has 1 aromatic rings. The highest BCUT2D eigenvalue weighted by Gasteiger charge is 2.22. The average Bonchev–Trinajstić information content (AvgIpc) is 2.63. The van der Waals surface area contributed by atoms with E-state index >= 15 is 0 Å². The number of hydrogen-bond donors (Lipinski definition) is 1. The molecule has 1 aliphatic rings. The Hall–Kier alpha value is -1.45. The molecule has 0 fully saturated rings. The van der Waals surface area contributed by atoms with Crippen LogP contribution < -0.4 is 0 Å². The number of carboxylic acids is 1. The molecular weight excluding hydrogens is 180 g/mol. The first-order valence-corrected chi connectivity index (χ1v) is 4.84. The zero-order valence-electron chi connectivity index (χ0n) is 8.08. The molecule has 0 amide bonds. The average molecular weight is 192 g/mol. The van der Waals surface area contributed by atoms with Crippen LogP contribution in [0.1, 0.15) is 40.9 Å². The largest absolute Gasteiger partial charge is 0.477 e. The van der Waals surface area contributed by atoms with Crippen LogP contribution in [0.4, 0.5) is 0 Å². The summed E-state index contributed by atoms with van der Waals surface area (Å²) in [4.78, 5) is 19.3. The maximum absolute atomic E-state index is 10.9. The molecule has 4 nitrogen and oxygen atoms in total. The summed E-state index contributed by atoms with van der Waals surface area (Å²) in [5.74, 6) is -0.289. The van der Waals surface area contributed by atoms with Crippen LogP contribution in [0.3, 0.4) is 0 Å². The van der Waals surface area contributed by atoms with Gasteiger partial charge in [-0.2, -0.15) is 0 Å². The molecule has 4 heteroatoms. The van der Waals surface area contributed by atoms with Crippen LogP contribution in [-0.4, -0.2) is 21.0 Å². The minimum Gasteiger partial charge on any atom is -0.477 e. The van der Waals surface area contributed by atoms with E-state index in [2.05, 4.69) is 9.97 Å². The third kappa shape index (κ3) is 1.36. The Kier molecular flexibility index (Phi) is 2.19. The zero-order valence-corrected chi connectivity index (χ0v) is 8.08. The van der Waals surface area contributed by atoms with E-state index in [1.54, 1.807) is 0 Å². The molecule has 0 spiro atoms. The number of fused-ring (bicyclic) bond motifs is 1. The summed E-state index contributed by atoms with van der Waals surface area (Å²) in [6.45, 7) is 1.93. The second kappa shape index (κ2) is 3.36. The van der Waals surface area contributed by atoms with Crippen LogP contribution in [0.25, 0.3) is 0 Å². The van der Waals surface area contributed by atoms with Gasteiger partial charge in [-0.1, -0.05) is 6.92 Å². The maximum Gasteiger partial charge on any atom is 0.354 e. The number of carboxylic acid groups (broad SMARTS) is 1. The fourth-order valence-corrected chi connectivity index (χ4v) is 1.82. The lowest BCUT2D eigenvalue weighted by molar-refractivity contribution is 0.0688. The lowest BCUT2D eigenvalue weighted by Crippen LogP contribution is -2.10. The van der Waals surface area contributed by atoms with Crippen LogP contribution in [0, 0.1) is 0 Å². The molecule has 0 unspecified atom stereocenters. The maximum atomic E-state index is 10.9. The lowest BCUT2D eigenvalue weighted by atomic mass is 10.1. The van der Waals surface area contributed by atoms with Gasteiger partial charge in [0.25, 0.3) is 0 Å². The minimum atomic E-state index is -0.930. The van der Waals surface area contributed by atoms with Gasteiger partial charge in [-0.15, -0.1) is 0 Å². The Balaban J connectivity index is 2.57. The molecule has 0 aromatic carbocycles. The highest BCUT2D eigenvalue weighted by atomic mass is 16.4. The van der Waals surface area contributed by atoms with Crippen LogP contribution in [0.2, 0.25) is 0 Å². The van der Waals surface area contributed by atoms with Gasteiger partial charge in [0.2, 0.25) is 0 Å². The van der Waals surface area contributed by atoms with Gasteiger partial charge in [-0.3, -0.25) is 0 Å². The standard InChI is InChI=1S/C10H12N2O2/c1-2-8-11-7-5-3-4-6(7)9(12-8)10(13)14/h2-5H2,1H3,(H,13,14). The molecular formula is C10H12N2O2. The lowest BCUT2D eigenvalue weighted by Gasteiger charge is -2.04. The van der Waals surface area contributed by atoms with Gasteiger partial charge in [-0.05, 0) is 19.3 Å². The molecule has 1 N–H and O–H groups in total. The SMILES string of the molecule is CCc1nc2c(c(C(=O)O)n1)CCC2. The highest BCUT2D eigenvalue weighted by Crippen LogP contribution is 2.22. The Morgan fingerprint density at radius 2 is 2.21 bits per heavy atom. The van der Waals surface area contributed by atoms with E-state index < -0.39 is 5.97 Å². The van der Waals surface area contributed by atoms with Crippen molar-refractivity contribution in [1.82, 2.24) is 9.97 Å². The summed E-state index contributed by atoms with van der Waals surface area (Å²) in [6.07, 6.45) is 3.39.